The molecule has 5 aromatic carbocycles. The first-order valence-electron chi connectivity index (χ1n) is 16.5. The first-order valence-corrected chi connectivity index (χ1v) is 18.3. The third kappa shape index (κ3) is 8.35. The highest BCUT2D eigenvalue weighted by molar-refractivity contribution is 8.01. The third-order valence-electron chi connectivity index (χ3n) is 8.56. The van der Waals surface area contributed by atoms with Crippen molar-refractivity contribution in [3.05, 3.63) is 150 Å². The van der Waals surface area contributed by atoms with Crippen molar-refractivity contribution in [2.24, 2.45) is 5.92 Å². The molecule has 0 unspecified atom stereocenters. The van der Waals surface area contributed by atoms with E-state index < -0.39 is 6.29 Å². The zero-order valence-corrected chi connectivity index (χ0v) is 29.0. The number of anilines is 1. The van der Waals surface area contributed by atoms with Crippen molar-refractivity contribution < 1.29 is 24.1 Å². The number of amides is 2. The van der Waals surface area contributed by atoms with Crippen LogP contribution in [0, 0.1) is 5.92 Å². The number of nitrogens with one attached hydrogen (secondary N) is 2. The number of carbonyl (C=O) groups excluding carboxylic acids is 1. The number of para-hydroxylation sites is 2. The summed E-state index contributed by atoms with van der Waals surface area (Å²) < 4.78 is 21.3. The topological polar surface area (TPSA) is 102 Å². The van der Waals surface area contributed by atoms with Gasteiger partial charge in [-0.2, -0.15) is 0 Å². The molecule has 1 aromatic heterocycles. The zero-order chi connectivity index (χ0) is 34.3. The summed E-state index contributed by atoms with van der Waals surface area (Å²) in [7, 11) is 0. The van der Waals surface area contributed by atoms with Crippen molar-refractivity contribution in [3.8, 4) is 11.5 Å². The fourth-order valence-electron chi connectivity index (χ4n) is 5.76. The van der Waals surface area contributed by atoms with Gasteiger partial charge in [0.2, 0.25) is 0 Å². The lowest BCUT2D eigenvalue weighted by molar-refractivity contribution is -0.268. The molecule has 1 aliphatic heterocycles. The van der Waals surface area contributed by atoms with E-state index in [1.807, 2.05) is 109 Å². The van der Waals surface area contributed by atoms with Crippen LogP contribution in [-0.2, 0) is 22.6 Å². The highest BCUT2D eigenvalue weighted by Gasteiger charge is 2.38. The van der Waals surface area contributed by atoms with Crippen LogP contribution in [0.4, 0.5) is 10.5 Å². The predicted octanol–water partition coefficient (Wildman–Crippen LogP) is 9.49. The standard InChI is InChI=1S/C40H37N3O5S2/c1-26-35(25-49-40-43-34-9-5-6-10-36(34)50-40)47-38(48-37(26)29-15-13-28(24-44)14-16-29)30-17-11-27(12-18-30)23-41-39(45)42-31-19-21-33(22-20-31)46-32-7-3-2-4-8-32/h2-22,26,35,37-38,44H,23-25H2,1H3,(H2,41,42,45)/t26-,35+,37+,38+/m0/s1. The molecular formula is C40H37N3O5S2. The van der Waals surface area contributed by atoms with Crippen LogP contribution in [0.25, 0.3) is 10.2 Å². The van der Waals surface area contributed by atoms with Crippen molar-refractivity contribution >= 4 is 45.0 Å². The maximum Gasteiger partial charge on any atom is 0.319 e. The van der Waals surface area contributed by atoms with Gasteiger partial charge in [-0.15, -0.1) is 11.3 Å². The maximum absolute atomic E-state index is 12.7. The average molecular weight is 704 g/mol. The highest BCUT2D eigenvalue weighted by Crippen LogP contribution is 2.43. The van der Waals surface area contributed by atoms with Gasteiger partial charge in [0.25, 0.3) is 0 Å². The number of thiazole rings is 1. The van der Waals surface area contributed by atoms with Crippen LogP contribution in [0.3, 0.4) is 0 Å². The monoisotopic (exact) mass is 703 g/mol. The van der Waals surface area contributed by atoms with Gasteiger partial charge in [0.15, 0.2) is 10.6 Å². The quantitative estimate of drug-likeness (QED) is 0.116. The molecular weight excluding hydrogens is 667 g/mol. The molecule has 0 aliphatic carbocycles. The number of rotatable bonds is 11. The smallest absolute Gasteiger partial charge is 0.319 e. The Morgan fingerprint density at radius 1 is 0.820 bits per heavy atom. The molecule has 10 heteroatoms. The number of nitrogens with zero attached hydrogens (tertiary/aromatic N) is 1. The number of urea groups is 1. The van der Waals surface area contributed by atoms with E-state index >= 15 is 0 Å². The fraction of sp³-hybridized carbons (Fsp3) is 0.200. The van der Waals surface area contributed by atoms with Gasteiger partial charge >= 0.3 is 6.03 Å². The molecule has 1 aliphatic rings. The Balaban J connectivity index is 0.980. The largest absolute Gasteiger partial charge is 0.457 e. The molecule has 3 N–H and O–H groups in total. The fourth-order valence-corrected chi connectivity index (χ4v) is 8.02. The van der Waals surface area contributed by atoms with Crippen LogP contribution in [0.15, 0.2) is 132 Å². The van der Waals surface area contributed by atoms with Crippen LogP contribution in [-0.4, -0.2) is 28.0 Å². The summed E-state index contributed by atoms with van der Waals surface area (Å²) in [5.41, 5.74) is 5.42. The number of benzene rings is 5. The number of hydrogen-bond acceptors (Lipinski definition) is 8. The van der Waals surface area contributed by atoms with Gasteiger partial charge in [0.05, 0.1) is 29.0 Å². The average Bonchev–Trinajstić information content (AvgIpc) is 3.58. The lowest BCUT2D eigenvalue weighted by atomic mass is 9.91. The summed E-state index contributed by atoms with van der Waals surface area (Å²) in [6.07, 6.45) is -0.877. The van der Waals surface area contributed by atoms with Crippen molar-refractivity contribution in [1.29, 1.82) is 0 Å². The van der Waals surface area contributed by atoms with Gasteiger partial charge in [0.1, 0.15) is 11.5 Å². The number of carbonyl (C=O) groups is 1. The molecule has 254 valence electrons. The van der Waals surface area contributed by atoms with E-state index in [4.69, 9.17) is 19.2 Å². The summed E-state index contributed by atoms with van der Waals surface area (Å²) in [5.74, 6) is 2.24. The summed E-state index contributed by atoms with van der Waals surface area (Å²) in [4.78, 5) is 17.5. The van der Waals surface area contributed by atoms with Gasteiger partial charge in [-0.3, -0.25) is 0 Å². The molecule has 0 saturated carbocycles. The Morgan fingerprint density at radius 2 is 1.50 bits per heavy atom. The third-order valence-corrected chi connectivity index (χ3v) is 10.8. The van der Waals surface area contributed by atoms with Gasteiger partial charge in [-0.05, 0) is 65.2 Å². The minimum atomic E-state index is -0.575. The van der Waals surface area contributed by atoms with Crippen LogP contribution in [0.5, 0.6) is 11.5 Å². The lowest BCUT2D eigenvalue weighted by Gasteiger charge is -2.41. The Hall–Kier alpha value is -4.71. The number of ether oxygens (including phenoxy) is 3. The number of aliphatic hydroxyl groups excluding tert-OH is 1. The normalized spacial score (nSPS) is 18.8. The van der Waals surface area contributed by atoms with Gasteiger partial charge < -0.3 is 30.0 Å². The Bertz CT molecular complexity index is 1970. The maximum atomic E-state index is 12.7. The molecule has 50 heavy (non-hydrogen) atoms. The molecule has 1 fully saturated rings. The van der Waals surface area contributed by atoms with E-state index in [1.54, 1.807) is 35.2 Å². The van der Waals surface area contributed by atoms with E-state index in [0.29, 0.717) is 18.0 Å². The molecule has 0 bridgehead atoms. The Morgan fingerprint density at radius 3 is 2.24 bits per heavy atom. The summed E-state index contributed by atoms with van der Waals surface area (Å²) in [6.45, 7) is 2.51. The second-order valence-electron chi connectivity index (χ2n) is 12.1. The summed E-state index contributed by atoms with van der Waals surface area (Å²) >= 11 is 3.41. The van der Waals surface area contributed by atoms with Crippen molar-refractivity contribution in [3.63, 3.8) is 0 Å². The van der Waals surface area contributed by atoms with E-state index in [0.717, 1.165) is 43.6 Å². The van der Waals surface area contributed by atoms with E-state index in [9.17, 15) is 9.90 Å². The van der Waals surface area contributed by atoms with Crippen molar-refractivity contribution in [1.82, 2.24) is 10.3 Å². The minimum absolute atomic E-state index is 0.00486. The molecule has 2 heterocycles. The molecule has 1 saturated heterocycles. The number of aliphatic hydroxyl groups is 1. The molecule has 7 rings (SSSR count). The Labute approximate surface area is 299 Å². The molecule has 8 nitrogen and oxygen atoms in total. The van der Waals surface area contributed by atoms with Crippen LogP contribution >= 0.6 is 23.1 Å². The molecule has 0 spiro atoms. The number of aromatic nitrogens is 1. The molecule has 0 radical (unpaired) electrons. The van der Waals surface area contributed by atoms with Crippen LogP contribution in [0.2, 0.25) is 0 Å². The summed E-state index contributed by atoms with van der Waals surface area (Å²) in [5, 5.41) is 15.4. The first kappa shape index (κ1) is 33.8. The SMILES string of the molecule is C[C@H]1[C@@H](CSc2nc3ccccc3s2)O[C@@H](c2ccc(CNC(=O)Nc3ccc(Oc4ccccc4)cc3)cc2)O[C@H]1c1ccc(CO)cc1. The van der Waals surface area contributed by atoms with E-state index in [1.165, 1.54) is 4.70 Å². The Kier molecular flexibility index (Phi) is 10.7. The summed E-state index contributed by atoms with van der Waals surface area (Å²) in [6, 6.07) is 40.5. The van der Waals surface area contributed by atoms with Gasteiger partial charge in [-0.1, -0.05) is 97.5 Å². The number of fused-ring (bicyclic) bond motifs is 1. The van der Waals surface area contributed by atoms with Crippen molar-refractivity contribution in [2.75, 3.05) is 11.1 Å². The molecule has 6 aromatic rings. The second kappa shape index (κ2) is 15.9. The van der Waals surface area contributed by atoms with Crippen molar-refractivity contribution in [2.45, 2.75) is 42.9 Å². The van der Waals surface area contributed by atoms with E-state index in [2.05, 4.69) is 23.6 Å². The van der Waals surface area contributed by atoms with Crippen LogP contribution < -0.4 is 15.4 Å². The first-order chi connectivity index (χ1) is 24.5. The minimum Gasteiger partial charge on any atom is -0.457 e. The van der Waals surface area contributed by atoms with E-state index in [-0.39, 0.29) is 30.8 Å². The highest BCUT2D eigenvalue weighted by atomic mass is 32.2. The van der Waals surface area contributed by atoms with Gasteiger partial charge in [0, 0.05) is 29.5 Å². The van der Waals surface area contributed by atoms with Crippen LogP contribution in [0.1, 0.15) is 41.6 Å². The zero-order valence-electron chi connectivity index (χ0n) is 27.4. The second-order valence-corrected chi connectivity index (χ2v) is 14.4. The number of thioether (sulfide) groups is 1. The molecule has 4 atom stereocenters. The number of hydrogen-bond donors (Lipinski definition) is 3. The lowest BCUT2D eigenvalue weighted by Crippen LogP contribution is -2.38. The molecule has 2 amide bonds. The van der Waals surface area contributed by atoms with Gasteiger partial charge in [-0.25, -0.2) is 9.78 Å². The predicted molar refractivity (Wildman–Crippen MR) is 199 cm³/mol.